The van der Waals surface area contributed by atoms with Crippen LogP contribution in [-0.2, 0) is 38.0 Å². The predicted molar refractivity (Wildman–Crippen MR) is 408 cm³/mol. The molecule has 0 N–H and O–H groups in total. The summed E-state index contributed by atoms with van der Waals surface area (Å²) in [5.74, 6) is -3.58. The second-order valence-corrected chi connectivity index (χ2v) is 27.6. The Bertz CT molecular complexity index is 5120. The Hall–Kier alpha value is -12.6. The van der Waals surface area contributed by atoms with Gasteiger partial charge < -0.3 is 47.4 Å². The molecule has 0 aliphatic carbocycles. The average Bonchev–Trinajstić information content (AvgIpc) is 1.22. The monoisotopic (exact) mass is 1430 g/mol. The molecule has 2 fully saturated rings. The van der Waals surface area contributed by atoms with Gasteiger partial charge in [-0.15, -0.1) is 0 Å². The van der Waals surface area contributed by atoms with Gasteiger partial charge in [-0.1, -0.05) is 168 Å². The van der Waals surface area contributed by atoms with Crippen LogP contribution in [0.2, 0.25) is 0 Å². The van der Waals surface area contributed by atoms with Crippen molar-refractivity contribution in [1.82, 2.24) is 9.80 Å². The van der Waals surface area contributed by atoms with Crippen molar-refractivity contribution in [3.8, 4) is 90.5 Å². The molecule has 0 spiro atoms. The predicted octanol–water partition coefficient (Wildman–Crippen LogP) is 17.9. The number of rotatable bonds is 26. The molecule has 4 amide bonds. The van der Waals surface area contributed by atoms with Gasteiger partial charge in [0.15, 0.2) is 0 Å². The van der Waals surface area contributed by atoms with Crippen molar-refractivity contribution in [2.75, 3.05) is 65.9 Å². The molecular weight excluding hydrogens is 1360 g/mol. The molecule has 4 aliphatic heterocycles. The summed E-state index contributed by atoms with van der Waals surface area (Å²) in [6.07, 6.45) is -0.0477. The van der Waals surface area contributed by atoms with Crippen LogP contribution in [0, 0.1) is 27.7 Å². The van der Waals surface area contributed by atoms with Crippen LogP contribution in [0.3, 0.4) is 0 Å². The first-order valence-corrected chi connectivity index (χ1v) is 35.8. The molecule has 18 nitrogen and oxygen atoms in total. The molecule has 13 aromatic rings. The summed E-state index contributed by atoms with van der Waals surface area (Å²) in [5, 5.41) is 1.86. The maximum Gasteiger partial charge on any atom is 0.326 e. The number of aryl methyl sites for hydroxylation is 4. The number of hydrogen-bond acceptors (Lipinski definition) is 16. The number of benzene rings is 13. The van der Waals surface area contributed by atoms with Crippen molar-refractivity contribution in [3.05, 3.63) is 263 Å². The zero-order valence-corrected chi connectivity index (χ0v) is 59.4. The molecule has 18 heteroatoms. The summed E-state index contributed by atoms with van der Waals surface area (Å²) in [4.78, 5) is 93.4. The highest BCUT2D eigenvalue weighted by molar-refractivity contribution is 6.45. The normalized spacial score (nSPS) is 15.0. The van der Waals surface area contributed by atoms with E-state index in [0.29, 0.717) is 49.4 Å². The molecule has 13 aromatic carbocycles. The van der Waals surface area contributed by atoms with Gasteiger partial charge in [0.2, 0.25) is 0 Å². The number of carbonyl (C=O) groups excluding carboxylic acids is 6. The van der Waals surface area contributed by atoms with Crippen LogP contribution in [0.4, 0.5) is 0 Å². The van der Waals surface area contributed by atoms with E-state index in [0.717, 1.165) is 76.6 Å². The third kappa shape index (κ3) is 13.7. The third-order valence-electron chi connectivity index (χ3n) is 19.8. The highest BCUT2D eigenvalue weighted by atomic mass is 16.6. The van der Waals surface area contributed by atoms with E-state index in [1.807, 2.05) is 198 Å². The molecule has 0 radical (unpaired) electrons. The molecule has 4 heterocycles. The fourth-order valence-electron chi connectivity index (χ4n) is 14.4. The zero-order valence-electron chi connectivity index (χ0n) is 59.4. The van der Waals surface area contributed by atoms with Crippen molar-refractivity contribution in [2.45, 2.75) is 39.9 Å². The standard InChI is InChI=1S/C90H70N2O16/c1-51-9-5-13-59(37-51)55-17-25-63(26-18-55)105-73-41-69-79-70(88(96)91(87(69)95)45-77(93)101-35-33-99-47-67-49-103-67)43-75(107-65-29-21-57(22-30-65)61-15-7-11-53(3)39-61)83-84-76(108-66-31-23-58(24-32-66)62-16-8-12-54(4)40-62)44-72-80-71(89(97)92(90(72)98)46-78(94)102-36-34-100-48-68-50-104-68)42-74(82(86(80)84)81(73)85(79)83)106-64-27-19-56(20-28-64)60-14-6-10-52(2)38-60/h5-32,37-44,67-68H,33-36,45-50H2,1-4H3. The molecule has 108 heavy (non-hydrogen) atoms. The smallest absolute Gasteiger partial charge is 0.326 e. The molecular formula is C90H70N2O16. The molecule has 2 unspecified atom stereocenters. The van der Waals surface area contributed by atoms with Crippen LogP contribution in [-0.4, -0.2) is 124 Å². The molecule has 2 atom stereocenters. The fourth-order valence-corrected chi connectivity index (χ4v) is 14.4. The zero-order chi connectivity index (χ0) is 73.8. The first-order chi connectivity index (χ1) is 52.6. The molecule has 0 aromatic heterocycles. The summed E-state index contributed by atoms with van der Waals surface area (Å²) in [6.45, 7) is 8.10. The van der Waals surface area contributed by atoms with Crippen molar-refractivity contribution >= 4 is 78.7 Å². The van der Waals surface area contributed by atoms with Gasteiger partial charge in [-0.3, -0.25) is 38.6 Å². The first kappa shape index (κ1) is 68.5. The Morgan fingerprint density at radius 2 is 0.583 bits per heavy atom. The minimum Gasteiger partial charge on any atom is -0.462 e. The first-order valence-electron chi connectivity index (χ1n) is 35.8. The molecule has 4 aliphatic rings. The lowest BCUT2D eigenvalue weighted by Crippen LogP contribution is -2.44. The van der Waals surface area contributed by atoms with Gasteiger partial charge in [0.1, 0.15) is 84.5 Å². The Morgan fingerprint density at radius 1 is 0.324 bits per heavy atom. The number of nitrogens with zero attached hydrogens (tertiary/aromatic N) is 2. The van der Waals surface area contributed by atoms with E-state index < -0.39 is 48.7 Å². The number of hydrogen-bond donors (Lipinski definition) is 0. The lowest BCUT2D eigenvalue weighted by Gasteiger charge is -2.32. The summed E-state index contributed by atoms with van der Waals surface area (Å²) >= 11 is 0. The molecule has 536 valence electrons. The second-order valence-electron chi connectivity index (χ2n) is 27.6. The topological polar surface area (TPSA) is 208 Å². The van der Waals surface area contributed by atoms with E-state index in [4.69, 9.17) is 47.4 Å². The number of imide groups is 2. The largest absolute Gasteiger partial charge is 0.462 e. The Morgan fingerprint density at radius 3 is 0.824 bits per heavy atom. The lowest BCUT2D eigenvalue weighted by atomic mass is 9.80. The van der Waals surface area contributed by atoms with E-state index in [9.17, 15) is 9.59 Å². The van der Waals surface area contributed by atoms with Crippen LogP contribution in [0.1, 0.15) is 63.7 Å². The SMILES string of the molecule is Cc1cccc(-c2ccc(Oc3cc4c5c(cc(Oc6ccc(-c7cccc(C)c7)cc6)c6c7c(Oc8ccc(-c9cccc(C)c9)cc8)cc8c9c(cc(Oc%10ccc(-c%11cccc(C)c%11)cc%10)c(c3c56)c97)C(=O)N(CC(=O)OCCOCC3CO3)C8=O)C(=O)N(CC(=O)OCCOCC3CO3)C4=O)cc2)c1. The van der Waals surface area contributed by atoms with E-state index >= 15 is 19.2 Å². The Kier molecular flexibility index (Phi) is 18.2. The highest BCUT2D eigenvalue weighted by Gasteiger charge is 2.43. The molecule has 2 saturated heterocycles. The van der Waals surface area contributed by atoms with Crippen molar-refractivity contribution < 1.29 is 76.1 Å². The average molecular weight is 1440 g/mol. The van der Waals surface area contributed by atoms with Gasteiger partial charge in [-0.25, -0.2) is 0 Å². The second kappa shape index (κ2) is 28.7. The maximum absolute atomic E-state index is 15.9. The van der Waals surface area contributed by atoms with Crippen LogP contribution >= 0.6 is 0 Å². The van der Waals surface area contributed by atoms with Crippen molar-refractivity contribution in [3.63, 3.8) is 0 Å². The molecule has 0 saturated carbocycles. The Balaban J connectivity index is 0.938. The lowest BCUT2D eigenvalue weighted by molar-refractivity contribution is -0.146. The quantitative estimate of drug-likeness (QED) is 0.0123. The van der Waals surface area contributed by atoms with Crippen LogP contribution in [0.15, 0.2) is 218 Å². The number of ether oxygens (including phenoxy) is 10. The molecule has 17 rings (SSSR count). The summed E-state index contributed by atoms with van der Waals surface area (Å²) in [7, 11) is 0. The van der Waals surface area contributed by atoms with Gasteiger partial charge in [0.05, 0.1) is 61.9 Å². The highest BCUT2D eigenvalue weighted by Crippen LogP contribution is 2.58. The number of fused-ring (bicyclic) bond motifs is 2. The van der Waals surface area contributed by atoms with E-state index in [-0.39, 0.29) is 127 Å². The molecule has 0 bridgehead atoms. The minimum absolute atomic E-state index is 0.0239. The third-order valence-corrected chi connectivity index (χ3v) is 19.8. The Labute approximate surface area is 620 Å². The number of epoxide rings is 2. The number of carbonyl (C=O) groups is 6. The maximum atomic E-state index is 15.9. The van der Waals surface area contributed by atoms with Gasteiger partial charge in [0, 0.05) is 43.1 Å². The number of esters is 2. The van der Waals surface area contributed by atoms with E-state index in [1.54, 1.807) is 24.3 Å². The van der Waals surface area contributed by atoms with Gasteiger partial charge in [-0.05, 0) is 145 Å². The van der Waals surface area contributed by atoms with E-state index in [2.05, 4.69) is 24.3 Å². The van der Waals surface area contributed by atoms with Crippen molar-refractivity contribution in [2.24, 2.45) is 0 Å². The summed E-state index contributed by atoms with van der Waals surface area (Å²) in [6, 6.07) is 68.4. The fraction of sp³-hybridized carbons (Fsp3) is 0.178. The van der Waals surface area contributed by atoms with Crippen LogP contribution in [0.5, 0.6) is 46.0 Å². The summed E-state index contributed by atoms with van der Waals surface area (Å²) < 4.78 is 62.3. The summed E-state index contributed by atoms with van der Waals surface area (Å²) in [5.41, 5.74) is 11.6. The van der Waals surface area contributed by atoms with Gasteiger partial charge >= 0.3 is 11.9 Å². The van der Waals surface area contributed by atoms with Gasteiger partial charge in [0.25, 0.3) is 23.6 Å². The van der Waals surface area contributed by atoms with Gasteiger partial charge in [-0.2, -0.15) is 0 Å². The van der Waals surface area contributed by atoms with Crippen LogP contribution < -0.4 is 18.9 Å². The van der Waals surface area contributed by atoms with Crippen LogP contribution in [0.25, 0.3) is 87.6 Å². The number of amides is 4. The minimum atomic E-state index is -0.868. The van der Waals surface area contributed by atoms with E-state index in [1.165, 1.54) is 0 Å². The van der Waals surface area contributed by atoms with Crippen molar-refractivity contribution in [1.29, 1.82) is 0 Å².